The number of hydrogen-bond acceptors (Lipinski definition) is 5. The van der Waals surface area contributed by atoms with Gasteiger partial charge in [0.25, 0.3) is 0 Å². The number of carbonyl (C=O) groups is 1. The Hall–Kier alpha value is -3.15. The average molecular weight is 339 g/mol. The van der Waals surface area contributed by atoms with Gasteiger partial charge in [0.2, 0.25) is 5.91 Å². The molecule has 25 heavy (non-hydrogen) atoms. The van der Waals surface area contributed by atoms with Crippen LogP contribution in [0.4, 0.5) is 0 Å². The van der Waals surface area contributed by atoms with E-state index >= 15 is 0 Å². The molecule has 0 radical (unpaired) electrons. The van der Waals surface area contributed by atoms with E-state index in [0.717, 1.165) is 16.7 Å². The summed E-state index contributed by atoms with van der Waals surface area (Å²) in [5, 5.41) is 2.93. The maximum Gasteiger partial charge on any atom is 0.228 e. The van der Waals surface area contributed by atoms with Crippen LogP contribution in [0.2, 0.25) is 0 Å². The lowest BCUT2D eigenvalue weighted by atomic mass is 9.95. The van der Waals surface area contributed by atoms with Gasteiger partial charge >= 0.3 is 0 Å². The van der Waals surface area contributed by atoms with Crippen molar-refractivity contribution in [2.45, 2.75) is 6.42 Å². The highest BCUT2D eigenvalue weighted by molar-refractivity contribution is 6.01. The summed E-state index contributed by atoms with van der Waals surface area (Å²) in [4.78, 5) is 12.1. The lowest BCUT2D eigenvalue weighted by Gasteiger charge is -2.22. The molecule has 0 aromatic heterocycles. The van der Waals surface area contributed by atoms with Crippen molar-refractivity contribution in [2.24, 2.45) is 0 Å². The highest BCUT2D eigenvalue weighted by atomic mass is 16.5. The first-order chi connectivity index (χ1) is 12.1. The second-order valence-corrected chi connectivity index (χ2v) is 5.76. The summed E-state index contributed by atoms with van der Waals surface area (Å²) in [6, 6.07) is 7.30. The highest BCUT2D eigenvalue weighted by Crippen LogP contribution is 2.47. The Bertz CT molecular complexity index is 917. The quantitative estimate of drug-likeness (QED) is 0.931. The molecule has 0 spiro atoms. The third-order valence-electron chi connectivity index (χ3n) is 4.35. The van der Waals surface area contributed by atoms with Gasteiger partial charge in [0.1, 0.15) is 5.75 Å². The fourth-order valence-electron chi connectivity index (χ4n) is 3.19. The number of fused-ring (bicyclic) bond motifs is 1. The molecule has 4 rings (SSSR count). The van der Waals surface area contributed by atoms with E-state index in [2.05, 4.69) is 5.32 Å². The van der Waals surface area contributed by atoms with Crippen molar-refractivity contribution in [1.29, 1.82) is 0 Å². The van der Waals surface area contributed by atoms with Gasteiger partial charge in [-0.15, -0.1) is 0 Å². The maximum absolute atomic E-state index is 12.1. The summed E-state index contributed by atoms with van der Waals surface area (Å²) < 4.78 is 22.4. The van der Waals surface area contributed by atoms with E-state index in [0.29, 0.717) is 40.9 Å². The molecule has 1 amide bonds. The van der Waals surface area contributed by atoms with Crippen LogP contribution in [0.25, 0.3) is 11.8 Å². The summed E-state index contributed by atoms with van der Waals surface area (Å²) in [5.74, 6) is 2.87. The summed E-state index contributed by atoms with van der Waals surface area (Å²) >= 11 is 0. The Kier molecular flexibility index (Phi) is 3.53. The van der Waals surface area contributed by atoms with Crippen molar-refractivity contribution in [3.8, 4) is 28.7 Å². The molecular weight excluding hydrogens is 322 g/mol. The fourth-order valence-corrected chi connectivity index (χ4v) is 3.19. The van der Waals surface area contributed by atoms with E-state index < -0.39 is 0 Å². The number of nitrogens with one attached hydrogen (secondary N) is 1. The Balaban J connectivity index is 2.00. The Morgan fingerprint density at radius 3 is 2.44 bits per heavy atom. The molecule has 2 aromatic carbocycles. The molecule has 0 atom stereocenters. The standard InChI is InChI=1S/C19H17NO5/c1-22-13-5-4-10-8-17(21)20-12-6-11-7-15(23-2)16(24-3)9-14(11)25-19(13)18(10)12/h4-7,9H,8H2,1-3H3,(H,20,21). The van der Waals surface area contributed by atoms with Gasteiger partial charge in [0.15, 0.2) is 23.0 Å². The van der Waals surface area contributed by atoms with Gasteiger partial charge in [0, 0.05) is 17.2 Å². The van der Waals surface area contributed by atoms with Crippen molar-refractivity contribution in [2.75, 3.05) is 21.3 Å². The summed E-state index contributed by atoms with van der Waals surface area (Å²) in [5.41, 5.74) is 3.20. The minimum atomic E-state index is -0.0567. The fraction of sp³-hybridized carbons (Fsp3) is 0.211. The van der Waals surface area contributed by atoms with E-state index in [9.17, 15) is 4.79 Å². The van der Waals surface area contributed by atoms with Crippen LogP contribution in [0.3, 0.4) is 0 Å². The number of methoxy groups -OCH3 is 3. The highest BCUT2D eigenvalue weighted by Gasteiger charge is 2.29. The Labute approximate surface area is 145 Å². The number of rotatable bonds is 3. The zero-order valence-corrected chi connectivity index (χ0v) is 14.1. The summed E-state index contributed by atoms with van der Waals surface area (Å²) in [6.07, 6.45) is 2.18. The van der Waals surface area contributed by atoms with E-state index in [-0.39, 0.29) is 5.91 Å². The molecule has 0 unspecified atom stereocenters. The molecule has 2 heterocycles. The molecule has 0 fully saturated rings. The van der Waals surface area contributed by atoms with E-state index in [1.165, 1.54) is 0 Å². The SMILES string of the molecule is COc1cc2c(cc1OC)Oc1c(OC)ccc3c1C(=C2)NC(=O)C3. The van der Waals surface area contributed by atoms with Gasteiger partial charge in [0.05, 0.1) is 33.4 Å². The largest absolute Gasteiger partial charge is 0.493 e. The first-order valence-electron chi connectivity index (χ1n) is 7.80. The summed E-state index contributed by atoms with van der Waals surface area (Å²) in [6.45, 7) is 0. The molecular formula is C19H17NO5. The van der Waals surface area contributed by atoms with Crippen LogP contribution in [0, 0.1) is 0 Å². The molecule has 0 bridgehead atoms. The third-order valence-corrected chi connectivity index (χ3v) is 4.35. The van der Waals surface area contributed by atoms with Gasteiger partial charge < -0.3 is 24.3 Å². The molecule has 0 aliphatic carbocycles. The second kappa shape index (κ2) is 5.73. The first kappa shape index (κ1) is 15.4. The van der Waals surface area contributed by atoms with Gasteiger partial charge in [-0.3, -0.25) is 4.79 Å². The van der Waals surface area contributed by atoms with Crippen LogP contribution >= 0.6 is 0 Å². The van der Waals surface area contributed by atoms with Crippen LogP contribution in [0.5, 0.6) is 28.7 Å². The zero-order valence-electron chi connectivity index (χ0n) is 14.1. The van der Waals surface area contributed by atoms with Gasteiger partial charge in [-0.2, -0.15) is 0 Å². The average Bonchev–Trinajstić information content (AvgIpc) is 2.77. The van der Waals surface area contributed by atoms with Gasteiger partial charge in [-0.25, -0.2) is 0 Å². The predicted molar refractivity (Wildman–Crippen MR) is 92.3 cm³/mol. The molecule has 6 nitrogen and oxygen atoms in total. The third kappa shape index (κ3) is 2.38. The molecule has 2 aromatic rings. The summed E-state index contributed by atoms with van der Waals surface area (Å²) in [7, 11) is 4.74. The molecule has 128 valence electrons. The minimum absolute atomic E-state index is 0.0567. The lowest BCUT2D eigenvalue weighted by Crippen LogP contribution is -2.29. The molecule has 0 saturated heterocycles. The molecule has 6 heteroatoms. The number of carbonyl (C=O) groups excluding carboxylic acids is 1. The van der Waals surface area contributed by atoms with Crippen LogP contribution in [-0.2, 0) is 11.2 Å². The Morgan fingerprint density at radius 2 is 1.72 bits per heavy atom. The zero-order chi connectivity index (χ0) is 17.6. The van der Waals surface area contributed by atoms with Crippen LogP contribution in [-0.4, -0.2) is 27.2 Å². The number of amides is 1. The number of hydrogen-bond donors (Lipinski definition) is 1. The van der Waals surface area contributed by atoms with Crippen molar-refractivity contribution in [1.82, 2.24) is 5.32 Å². The smallest absolute Gasteiger partial charge is 0.228 e. The monoisotopic (exact) mass is 339 g/mol. The predicted octanol–water partition coefficient (Wildman–Crippen LogP) is 2.99. The lowest BCUT2D eigenvalue weighted by molar-refractivity contribution is -0.119. The number of benzene rings is 2. The van der Waals surface area contributed by atoms with Crippen molar-refractivity contribution < 1.29 is 23.7 Å². The van der Waals surface area contributed by atoms with E-state index in [1.807, 2.05) is 24.3 Å². The van der Waals surface area contributed by atoms with E-state index in [1.54, 1.807) is 27.4 Å². The second-order valence-electron chi connectivity index (χ2n) is 5.76. The first-order valence-corrected chi connectivity index (χ1v) is 7.80. The topological polar surface area (TPSA) is 66.0 Å². The molecule has 0 saturated carbocycles. The van der Waals surface area contributed by atoms with Gasteiger partial charge in [-0.05, 0) is 23.8 Å². The maximum atomic E-state index is 12.1. The van der Waals surface area contributed by atoms with E-state index in [4.69, 9.17) is 18.9 Å². The minimum Gasteiger partial charge on any atom is -0.493 e. The van der Waals surface area contributed by atoms with Crippen LogP contribution in [0.1, 0.15) is 16.7 Å². The van der Waals surface area contributed by atoms with Crippen molar-refractivity contribution in [3.63, 3.8) is 0 Å². The van der Waals surface area contributed by atoms with Crippen molar-refractivity contribution >= 4 is 17.7 Å². The van der Waals surface area contributed by atoms with Crippen LogP contribution < -0.4 is 24.3 Å². The van der Waals surface area contributed by atoms with Gasteiger partial charge in [-0.1, -0.05) is 6.07 Å². The molecule has 2 aliphatic rings. The number of ether oxygens (including phenoxy) is 4. The normalized spacial score (nSPS) is 14.2. The molecule has 2 aliphatic heterocycles. The Morgan fingerprint density at radius 1 is 1.00 bits per heavy atom. The van der Waals surface area contributed by atoms with Crippen molar-refractivity contribution in [3.05, 3.63) is 41.0 Å². The van der Waals surface area contributed by atoms with Crippen LogP contribution in [0.15, 0.2) is 24.3 Å². The molecule has 1 N–H and O–H groups in total.